The molecule has 2 aromatic rings. The summed E-state index contributed by atoms with van der Waals surface area (Å²) in [4.78, 5) is 25.7. The predicted octanol–water partition coefficient (Wildman–Crippen LogP) is 4.56. The molecule has 2 fully saturated rings. The maximum absolute atomic E-state index is 12.8. The lowest BCUT2D eigenvalue weighted by molar-refractivity contribution is -0.140. The molecule has 1 saturated carbocycles. The lowest BCUT2D eigenvalue weighted by atomic mass is 9.63. The van der Waals surface area contributed by atoms with E-state index in [1.165, 1.54) is 0 Å². The zero-order chi connectivity index (χ0) is 20.7. The number of hydrogen-bond donors (Lipinski definition) is 0. The van der Waals surface area contributed by atoms with E-state index in [1.807, 2.05) is 48.5 Å². The number of halogens is 1. The van der Waals surface area contributed by atoms with Gasteiger partial charge in [0.25, 0.3) is 11.8 Å². The Labute approximate surface area is 183 Å². The standard InChI is InChI=1S/C24H21BrN2O3/c25-19-10-4-15(5-11-19)14-30-20-3-1-2-16(12-20)13-26-27-23(28)21-17-6-7-18(9-8-17)22(21)24(27)29/h1-7,10-13,17-18,21-22H,8-9,14H2/b26-13-/t17-,18-,21+,22+/m1/s1. The highest BCUT2D eigenvalue weighted by molar-refractivity contribution is 9.10. The lowest BCUT2D eigenvalue weighted by Gasteiger charge is -2.37. The molecule has 0 spiro atoms. The fourth-order valence-electron chi connectivity index (χ4n) is 4.73. The van der Waals surface area contributed by atoms with Crippen LogP contribution in [0.25, 0.3) is 0 Å². The summed E-state index contributed by atoms with van der Waals surface area (Å²) in [6.07, 6.45) is 7.75. The van der Waals surface area contributed by atoms with Gasteiger partial charge in [0.05, 0.1) is 18.1 Å². The topological polar surface area (TPSA) is 59.0 Å². The molecule has 0 unspecified atom stereocenters. The zero-order valence-electron chi connectivity index (χ0n) is 16.3. The van der Waals surface area contributed by atoms with Crippen LogP contribution in [0.5, 0.6) is 5.75 Å². The second-order valence-electron chi connectivity index (χ2n) is 8.06. The quantitative estimate of drug-likeness (QED) is 0.370. The smallest absolute Gasteiger partial charge is 0.254 e. The molecule has 2 bridgehead atoms. The molecule has 6 heteroatoms. The summed E-state index contributed by atoms with van der Waals surface area (Å²) in [6.45, 7) is 0.454. The molecule has 30 heavy (non-hydrogen) atoms. The third-order valence-electron chi connectivity index (χ3n) is 6.24. The molecule has 4 aliphatic rings. The number of fused-ring (bicyclic) bond motifs is 1. The summed E-state index contributed by atoms with van der Waals surface area (Å²) in [6, 6.07) is 15.4. The van der Waals surface area contributed by atoms with Crippen molar-refractivity contribution in [3.05, 3.63) is 76.3 Å². The number of rotatable bonds is 5. The van der Waals surface area contributed by atoms with E-state index < -0.39 is 0 Å². The van der Waals surface area contributed by atoms with Crippen molar-refractivity contribution in [3.63, 3.8) is 0 Å². The minimum Gasteiger partial charge on any atom is -0.489 e. The summed E-state index contributed by atoms with van der Waals surface area (Å²) < 4.78 is 6.89. The first-order valence-corrected chi connectivity index (χ1v) is 11.0. The van der Waals surface area contributed by atoms with E-state index >= 15 is 0 Å². The number of benzene rings is 2. The fraction of sp³-hybridized carbons (Fsp3) is 0.292. The molecule has 1 heterocycles. The van der Waals surface area contributed by atoms with Crippen molar-refractivity contribution < 1.29 is 14.3 Å². The molecule has 152 valence electrons. The molecule has 4 atom stereocenters. The Hall–Kier alpha value is -2.73. The van der Waals surface area contributed by atoms with Crippen molar-refractivity contribution in [3.8, 4) is 5.75 Å². The number of carbonyl (C=O) groups is 2. The Morgan fingerprint density at radius 1 is 1.00 bits per heavy atom. The van der Waals surface area contributed by atoms with Crippen LogP contribution >= 0.6 is 15.9 Å². The van der Waals surface area contributed by atoms with Gasteiger partial charge < -0.3 is 4.74 Å². The molecule has 1 saturated heterocycles. The van der Waals surface area contributed by atoms with Crippen molar-refractivity contribution in [2.45, 2.75) is 19.4 Å². The van der Waals surface area contributed by atoms with Crippen LogP contribution in [0.1, 0.15) is 24.0 Å². The molecular formula is C24H21BrN2O3. The van der Waals surface area contributed by atoms with Gasteiger partial charge in [0.15, 0.2) is 0 Å². The third kappa shape index (κ3) is 3.49. The second kappa shape index (κ2) is 7.84. The predicted molar refractivity (Wildman–Crippen MR) is 117 cm³/mol. The third-order valence-corrected chi connectivity index (χ3v) is 6.76. The minimum atomic E-state index is -0.237. The van der Waals surface area contributed by atoms with E-state index in [0.717, 1.165) is 33.5 Å². The molecule has 6 rings (SSSR count). The molecule has 2 aromatic carbocycles. The van der Waals surface area contributed by atoms with Gasteiger partial charge in [-0.15, -0.1) is 0 Å². The highest BCUT2D eigenvalue weighted by atomic mass is 79.9. The Bertz CT molecular complexity index is 1010. The summed E-state index contributed by atoms with van der Waals surface area (Å²) in [7, 11) is 0. The number of allylic oxidation sites excluding steroid dienone is 2. The lowest BCUT2D eigenvalue weighted by Crippen LogP contribution is -2.38. The van der Waals surface area contributed by atoms with Gasteiger partial charge in [-0.1, -0.05) is 52.3 Å². The van der Waals surface area contributed by atoms with Crippen molar-refractivity contribution >= 4 is 34.0 Å². The van der Waals surface area contributed by atoms with Gasteiger partial charge in [-0.3, -0.25) is 9.59 Å². The largest absolute Gasteiger partial charge is 0.489 e. The van der Waals surface area contributed by atoms with E-state index in [0.29, 0.717) is 12.4 Å². The van der Waals surface area contributed by atoms with Gasteiger partial charge in [0.2, 0.25) is 0 Å². The van der Waals surface area contributed by atoms with Crippen molar-refractivity contribution in [1.82, 2.24) is 5.01 Å². The van der Waals surface area contributed by atoms with E-state index in [4.69, 9.17) is 4.74 Å². The average Bonchev–Trinajstić information content (AvgIpc) is 3.05. The fourth-order valence-corrected chi connectivity index (χ4v) is 4.99. The molecule has 2 amide bonds. The number of hydrazone groups is 1. The van der Waals surface area contributed by atoms with Gasteiger partial charge in [-0.2, -0.15) is 10.1 Å². The van der Waals surface area contributed by atoms with Crippen molar-refractivity contribution in [2.24, 2.45) is 28.8 Å². The monoisotopic (exact) mass is 464 g/mol. The van der Waals surface area contributed by atoms with Crippen LogP contribution in [0.15, 0.2) is 70.3 Å². The highest BCUT2D eigenvalue weighted by Gasteiger charge is 2.56. The van der Waals surface area contributed by atoms with E-state index in [2.05, 4.69) is 33.2 Å². The summed E-state index contributed by atoms with van der Waals surface area (Å²) in [5.41, 5.74) is 1.84. The van der Waals surface area contributed by atoms with Crippen LogP contribution < -0.4 is 4.74 Å². The van der Waals surface area contributed by atoms with Crippen LogP contribution in [-0.4, -0.2) is 23.0 Å². The maximum atomic E-state index is 12.8. The Balaban J connectivity index is 1.28. The first kappa shape index (κ1) is 19.2. The van der Waals surface area contributed by atoms with Crippen LogP contribution in [-0.2, 0) is 16.2 Å². The van der Waals surface area contributed by atoms with E-state index in [1.54, 1.807) is 6.21 Å². The molecule has 1 aliphatic heterocycles. The molecule has 3 aliphatic carbocycles. The van der Waals surface area contributed by atoms with Gasteiger partial charge in [0, 0.05) is 4.47 Å². The number of ether oxygens (including phenoxy) is 1. The maximum Gasteiger partial charge on any atom is 0.254 e. The van der Waals surface area contributed by atoms with Crippen LogP contribution in [0.4, 0.5) is 0 Å². The molecule has 0 aromatic heterocycles. The van der Waals surface area contributed by atoms with Crippen molar-refractivity contribution in [2.75, 3.05) is 0 Å². The van der Waals surface area contributed by atoms with Crippen molar-refractivity contribution in [1.29, 1.82) is 0 Å². The molecule has 0 radical (unpaired) electrons. The zero-order valence-corrected chi connectivity index (χ0v) is 17.9. The summed E-state index contributed by atoms with van der Waals surface area (Å²) in [5, 5.41) is 5.35. The van der Waals surface area contributed by atoms with E-state index in [9.17, 15) is 9.59 Å². The average molecular weight is 465 g/mol. The summed E-state index contributed by atoms with van der Waals surface area (Å²) in [5.74, 6) is 0.250. The second-order valence-corrected chi connectivity index (χ2v) is 8.98. The normalized spacial score (nSPS) is 27.2. The number of nitrogens with zero attached hydrogens (tertiary/aromatic N) is 2. The van der Waals surface area contributed by atoms with Gasteiger partial charge in [-0.25, -0.2) is 0 Å². The number of carbonyl (C=O) groups excluding carboxylic acids is 2. The van der Waals surface area contributed by atoms with Crippen LogP contribution in [0, 0.1) is 23.7 Å². The number of imide groups is 1. The van der Waals surface area contributed by atoms with Gasteiger partial charge in [0.1, 0.15) is 12.4 Å². The van der Waals surface area contributed by atoms with Gasteiger partial charge >= 0.3 is 0 Å². The number of amides is 2. The SMILES string of the molecule is O=C1[C@@H]2[C@@H](C(=O)N1/N=C\c1cccc(OCc3ccc(Br)cc3)c1)[C@@H]1C=C[C@@H]2CC1. The molecule has 0 N–H and O–H groups in total. The van der Waals surface area contributed by atoms with Crippen LogP contribution in [0.2, 0.25) is 0 Å². The first-order valence-electron chi connectivity index (χ1n) is 10.2. The van der Waals surface area contributed by atoms with Gasteiger partial charge in [-0.05, 0) is 60.1 Å². The molecular weight excluding hydrogens is 444 g/mol. The minimum absolute atomic E-state index is 0.164. The van der Waals surface area contributed by atoms with Crippen LogP contribution in [0.3, 0.4) is 0 Å². The van der Waals surface area contributed by atoms with E-state index in [-0.39, 0.29) is 35.5 Å². The Kier molecular flexibility index (Phi) is 5.03. The molecule has 5 nitrogen and oxygen atoms in total. The Morgan fingerprint density at radius 2 is 1.67 bits per heavy atom. The Morgan fingerprint density at radius 3 is 2.30 bits per heavy atom. The highest BCUT2D eigenvalue weighted by Crippen LogP contribution is 2.49. The first-order chi connectivity index (χ1) is 14.6. The summed E-state index contributed by atoms with van der Waals surface area (Å²) >= 11 is 3.42. The number of hydrogen-bond acceptors (Lipinski definition) is 4.